The number of rotatable bonds is 12. The Morgan fingerprint density at radius 1 is 0.902 bits per heavy atom. The minimum atomic E-state index is -0.919. The smallest absolute Gasteiger partial charge is 0.303 e. The number of aromatic nitrogens is 1. The molecule has 6 heteroatoms. The molecule has 5 rings (SSSR count). The summed E-state index contributed by atoms with van der Waals surface area (Å²) in [6.07, 6.45) is 4.98. The summed E-state index contributed by atoms with van der Waals surface area (Å²) in [5.74, 6) is -0.599. The maximum atomic E-state index is 14.2. The molecule has 0 radical (unpaired) electrons. The van der Waals surface area contributed by atoms with Gasteiger partial charge in [-0.3, -0.25) is 9.59 Å². The quantitative estimate of drug-likeness (QED) is 0.180. The number of hydrogen-bond acceptors (Lipinski definition) is 4. The zero-order valence-electron chi connectivity index (χ0n) is 24.5. The van der Waals surface area contributed by atoms with Gasteiger partial charge in [-0.05, 0) is 68.0 Å². The molecule has 0 aliphatic carbocycles. The van der Waals surface area contributed by atoms with E-state index in [1.807, 2.05) is 37.3 Å². The summed E-state index contributed by atoms with van der Waals surface area (Å²) in [6.45, 7) is 8.86. The van der Waals surface area contributed by atoms with Gasteiger partial charge >= 0.3 is 5.97 Å². The third-order valence-electron chi connectivity index (χ3n) is 8.23. The highest BCUT2D eigenvalue weighted by Gasteiger charge is 2.43. The average molecular weight is 554 g/mol. The molecule has 41 heavy (non-hydrogen) atoms. The second-order valence-electron chi connectivity index (χ2n) is 10.9. The number of aliphatic carboxylic acids is 1. The molecule has 2 heterocycles. The number of carboxylic acid groups (broad SMARTS) is 1. The van der Waals surface area contributed by atoms with E-state index in [1.54, 1.807) is 0 Å². The lowest BCUT2D eigenvalue weighted by molar-refractivity contribution is -0.137. The monoisotopic (exact) mass is 553 g/mol. The van der Waals surface area contributed by atoms with E-state index in [9.17, 15) is 14.7 Å². The number of benzene rings is 3. The maximum absolute atomic E-state index is 14.2. The van der Waals surface area contributed by atoms with Crippen molar-refractivity contribution in [3.8, 4) is 11.5 Å². The van der Waals surface area contributed by atoms with Gasteiger partial charge in [0.25, 0.3) is 5.79 Å². The van der Waals surface area contributed by atoms with Gasteiger partial charge < -0.3 is 19.1 Å². The molecular weight excluding hydrogens is 514 g/mol. The van der Waals surface area contributed by atoms with Crippen molar-refractivity contribution in [1.82, 2.24) is 4.57 Å². The molecule has 0 saturated heterocycles. The lowest BCUT2D eigenvalue weighted by atomic mass is 9.96. The number of aryl methyl sites for hydroxylation is 3. The minimum absolute atomic E-state index is 0.0739. The molecule has 1 aliphatic heterocycles. The van der Waals surface area contributed by atoms with Crippen molar-refractivity contribution < 1.29 is 24.2 Å². The number of nitrogens with zero attached hydrogens (tertiary/aromatic N) is 1. The van der Waals surface area contributed by atoms with Crippen LogP contribution < -0.4 is 9.47 Å². The molecule has 0 spiro atoms. The number of fused-ring (bicyclic) bond motifs is 2. The zero-order valence-corrected chi connectivity index (χ0v) is 24.5. The number of carbonyl (C=O) groups excluding carboxylic acids is 1. The molecule has 0 amide bonds. The van der Waals surface area contributed by atoms with E-state index in [0.29, 0.717) is 42.0 Å². The third-order valence-corrected chi connectivity index (χ3v) is 8.23. The largest absolute Gasteiger partial charge is 0.481 e. The molecule has 0 saturated carbocycles. The predicted octanol–water partition coefficient (Wildman–Crippen LogP) is 7.98. The van der Waals surface area contributed by atoms with Gasteiger partial charge in [-0.2, -0.15) is 0 Å². The fourth-order valence-electron chi connectivity index (χ4n) is 5.95. The Kier molecular flexibility index (Phi) is 8.20. The van der Waals surface area contributed by atoms with Crippen LogP contribution in [0.1, 0.15) is 91.2 Å². The first kappa shape index (κ1) is 28.5. The summed E-state index contributed by atoms with van der Waals surface area (Å²) in [5.41, 5.74) is 6.35. The highest BCUT2D eigenvalue weighted by atomic mass is 16.7. The zero-order chi connectivity index (χ0) is 29.1. The van der Waals surface area contributed by atoms with E-state index >= 15 is 0 Å². The topological polar surface area (TPSA) is 77.8 Å². The van der Waals surface area contributed by atoms with Crippen molar-refractivity contribution in [3.05, 3.63) is 94.2 Å². The van der Waals surface area contributed by atoms with Gasteiger partial charge in [-0.1, -0.05) is 63.6 Å². The van der Waals surface area contributed by atoms with E-state index in [4.69, 9.17) is 9.47 Å². The number of carboxylic acids is 1. The Morgan fingerprint density at radius 3 is 2.34 bits per heavy atom. The van der Waals surface area contributed by atoms with E-state index in [-0.39, 0.29) is 12.2 Å². The van der Waals surface area contributed by atoms with Crippen molar-refractivity contribution >= 4 is 22.7 Å². The molecule has 3 aromatic carbocycles. The molecule has 1 atom stereocenters. The number of carbonyl (C=O) groups is 2. The van der Waals surface area contributed by atoms with Crippen molar-refractivity contribution in [2.75, 3.05) is 0 Å². The van der Waals surface area contributed by atoms with Gasteiger partial charge in [0.05, 0.1) is 5.56 Å². The van der Waals surface area contributed by atoms with Crippen molar-refractivity contribution in [1.29, 1.82) is 0 Å². The number of ketones is 1. The molecule has 1 aromatic heterocycles. The van der Waals surface area contributed by atoms with Crippen LogP contribution in [0.3, 0.4) is 0 Å². The van der Waals surface area contributed by atoms with Crippen LogP contribution in [0.4, 0.5) is 0 Å². The molecule has 6 nitrogen and oxygen atoms in total. The van der Waals surface area contributed by atoms with E-state index in [0.717, 1.165) is 53.4 Å². The molecule has 0 fully saturated rings. The van der Waals surface area contributed by atoms with Gasteiger partial charge in [0, 0.05) is 47.1 Å². The van der Waals surface area contributed by atoms with Gasteiger partial charge in [0.15, 0.2) is 17.3 Å². The predicted molar refractivity (Wildman–Crippen MR) is 161 cm³/mol. The molecule has 214 valence electrons. The Labute approximate surface area is 241 Å². The Morgan fingerprint density at radius 2 is 1.66 bits per heavy atom. The molecule has 1 N–H and O–H groups in total. The normalized spacial score (nSPS) is 15.9. The van der Waals surface area contributed by atoms with E-state index in [1.165, 1.54) is 5.56 Å². The number of unbranched alkanes of at least 4 members (excludes halogenated alkanes) is 1. The number of hydrogen-bond donors (Lipinski definition) is 1. The second kappa shape index (κ2) is 11.8. The van der Waals surface area contributed by atoms with Crippen LogP contribution in [0.2, 0.25) is 0 Å². The first-order valence-electron chi connectivity index (χ1n) is 14.8. The molecule has 1 unspecified atom stereocenters. The third kappa shape index (κ3) is 5.35. The van der Waals surface area contributed by atoms with Crippen LogP contribution in [0.15, 0.2) is 60.7 Å². The highest BCUT2D eigenvalue weighted by molar-refractivity contribution is 6.18. The van der Waals surface area contributed by atoms with Gasteiger partial charge in [0.2, 0.25) is 0 Å². The summed E-state index contributed by atoms with van der Waals surface area (Å²) in [6, 6.07) is 20.0. The standard InChI is InChI=1S/C35H39NO5/c1-5-8-20-35(27-17-14-24(6-2)15-18-27)40-29-19-16-26(22-30(29)41-35)34(39)32-23(4)36(21-10-13-31(37)38)28-12-9-11-25(7-3)33(28)32/h9,11-12,14-19,22H,5-8,10,13,20-21H2,1-4H3,(H,37,38). The van der Waals surface area contributed by atoms with Gasteiger partial charge in [-0.25, -0.2) is 0 Å². The lowest BCUT2D eigenvalue weighted by Gasteiger charge is -2.28. The Bertz CT molecular complexity index is 1580. The molecule has 0 bridgehead atoms. The summed E-state index contributed by atoms with van der Waals surface area (Å²) >= 11 is 0. The summed E-state index contributed by atoms with van der Waals surface area (Å²) in [7, 11) is 0. The molecular formula is C35H39NO5. The molecule has 4 aromatic rings. The van der Waals surface area contributed by atoms with Crippen molar-refractivity contribution in [2.45, 2.75) is 85.0 Å². The first-order valence-corrected chi connectivity index (χ1v) is 14.8. The van der Waals surface area contributed by atoms with Crippen LogP contribution in [0, 0.1) is 6.92 Å². The van der Waals surface area contributed by atoms with Crippen LogP contribution in [0.25, 0.3) is 10.9 Å². The van der Waals surface area contributed by atoms with Crippen LogP contribution >= 0.6 is 0 Å². The van der Waals surface area contributed by atoms with Crippen LogP contribution in [-0.2, 0) is 30.0 Å². The fraction of sp³-hybridized carbons (Fsp3) is 0.371. The first-order chi connectivity index (χ1) is 19.8. The van der Waals surface area contributed by atoms with Crippen LogP contribution in [0.5, 0.6) is 11.5 Å². The second-order valence-corrected chi connectivity index (χ2v) is 10.9. The molecule has 1 aliphatic rings. The van der Waals surface area contributed by atoms with Crippen molar-refractivity contribution in [3.63, 3.8) is 0 Å². The Hall–Kier alpha value is -4.06. The summed E-state index contributed by atoms with van der Waals surface area (Å²) < 4.78 is 15.2. The van der Waals surface area contributed by atoms with Gasteiger partial charge in [0.1, 0.15) is 0 Å². The average Bonchev–Trinajstić information content (AvgIpc) is 3.50. The lowest BCUT2D eigenvalue weighted by Crippen LogP contribution is -2.35. The minimum Gasteiger partial charge on any atom is -0.481 e. The summed E-state index contributed by atoms with van der Waals surface area (Å²) in [5, 5.41) is 10.1. The van der Waals surface area contributed by atoms with Gasteiger partial charge in [-0.15, -0.1) is 0 Å². The number of ether oxygens (including phenoxy) is 2. The van der Waals surface area contributed by atoms with Crippen LogP contribution in [-0.4, -0.2) is 21.4 Å². The fourth-order valence-corrected chi connectivity index (χ4v) is 5.95. The highest BCUT2D eigenvalue weighted by Crippen LogP contribution is 2.47. The SMILES string of the molecule is CCCCC1(c2ccc(CC)cc2)Oc2ccc(C(=O)c3c(C)n(CCCC(=O)O)c4cccc(CC)c34)cc2O1. The van der Waals surface area contributed by atoms with Crippen molar-refractivity contribution in [2.24, 2.45) is 0 Å². The Balaban J connectivity index is 1.53. The van der Waals surface area contributed by atoms with E-state index < -0.39 is 11.8 Å². The maximum Gasteiger partial charge on any atom is 0.303 e. The van der Waals surface area contributed by atoms with E-state index in [2.05, 4.69) is 55.7 Å². The summed E-state index contributed by atoms with van der Waals surface area (Å²) in [4.78, 5) is 25.4.